The van der Waals surface area contributed by atoms with Crippen LogP contribution in [-0.2, 0) is 5.54 Å². The topological polar surface area (TPSA) is 38.9 Å². The van der Waals surface area contributed by atoms with Gasteiger partial charge in [0.25, 0.3) is 0 Å². The van der Waals surface area contributed by atoms with Gasteiger partial charge in [0.1, 0.15) is 0 Å². The maximum absolute atomic E-state index is 6.72. The van der Waals surface area contributed by atoms with Crippen LogP contribution in [0.4, 0.5) is 0 Å². The van der Waals surface area contributed by atoms with Crippen LogP contribution >= 0.6 is 0 Å². The Morgan fingerprint density at radius 1 is 1.17 bits per heavy atom. The molecule has 0 amide bonds. The van der Waals surface area contributed by atoms with E-state index in [0.29, 0.717) is 0 Å². The van der Waals surface area contributed by atoms with Gasteiger partial charge in [-0.05, 0) is 36.0 Å². The Morgan fingerprint density at radius 3 is 2.72 bits per heavy atom. The zero-order valence-corrected chi connectivity index (χ0v) is 11.1. The first-order chi connectivity index (χ1) is 8.53. The second-order valence-corrected chi connectivity index (χ2v) is 6.12. The van der Waals surface area contributed by atoms with E-state index >= 15 is 0 Å². The number of aromatic nitrogens is 1. The van der Waals surface area contributed by atoms with Crippen LogP contribution in [0.1, 0.15) is 38.7 Å². The molecule has 2 heteroatoms. The maximum Gasteiger partial charge on any atom is 0.0705 e. The highest BCUT2D eigenvalue weighted by Gasteiger charge is 2.46. The molecule has 0 bridgehead atoms. The van der Waals surface area contributed by atoms with E-state index in [0.717, 1.165) is 11.9 Å². The largest absolute Gasteiger partial charge is 0.321 e. The zero-order valence-electron chi connectivity index (χ0n) is 11.1. The van der Waals surface area contributed by atoms with E-state index in [9.17, 15) is 0 Å². The van der Waals surface area contributed by atoms with Gasteiger partial charge in [-0.2, -0.15) is 0 Å². The number of hydrogen-bond donors (Lipinski definition) is 1. The summed E-state index contributed by atoms with van der Waals surface area (Å²) in [6.07, 6.45) is 5.32. The van der Waals surface area contributed by atoms with Crippen molar-refractivity contribution in [1.82, 2.24) is 4.98 Å². The van der Waals surface area contributed by atoms with Gasteiger partial charge in [-0.15, -0.1) is 0 Å². The Morgan fingerprint density at radius 2 is 2.00 bits per heavy atom. The second kappa shape index (κ2) is 3.79. The van der Waals surface area contributed by atoms with Crippen LogP contribution in [-0.4, -0.2) is 4.98 Å². The molecular formula is C16H20N2. The molecule has 1 aliphatic rings. The standard InChI is InChI=1S/C16H20N2/c1-15(2)8-4-9-16(15,17)13-7-6-12-5-3-10-18-14(12)11-13/h3,5-7,10-11H,4,8-9,17H2,1-2H3. The second-order valence-electron chi connectivity index (χ2n) is 6.12. The number of nitrogens with two attached hydrogens (primary N) is 1. The van der Waals surface area contributed by atoms with Crippen LogP contribution in [0.25, 0.3) is 10.9 Å². The molecule has 0 saturated heterocycles. The fraction of sp³-hybridized carbons (Fsp3) is 0.438. The highest BCUT2D eigenvalue weighted by molar-refractivity contribution is 5.79. The summed E-state index contributed by atoms with van der Waals surface area (Å²) in [5.74, 6) is 0. The van der Waals surface area contributed by atoms with Crippen LogP contribution in [0.2, 0.25) is 0 Å². The monoisotopic (exact) mass is 240 g/mol. The van der Waals surface area contributed by atoms with Crippen LogP contribution in [0, 0.1) is 5.41 Å². The van der Waals surface area contributed by atoms with Gasteiger partial charge in [0.2, 0.25) is 0 Å². The van der Waals surface area contributed by atoms with Crippen molar-refractivity contribution in [3.8, 4) is 0 Å². The number of hydrogen-bond acceptors (Lipinski definition) is 2. The molecule has 1 aromatic heterocycles. The molecule has 2 N–H and O–H groups in total. The van der Waals surface area contributed by atoms with Crippen LogP contribution in [0.5, 0.6) is 0 Å². The lowest BCUT2D eigenvalue weighted by atomic mass is 9.71. The van der Waals surface area contributed by atoms with Crippen molar-refractivity contribution in [3.05, 3.63) is 42.1 Å². The normalized spacial score (nSPS) is 26.6. The van der Waals surface area contributed by atoms with Crippen molar-refractivity contribution >= 4 is 10.9 Å². The summed E-state index contributed by atoms with van der Waals surface area (Å²) in [5, 5.41) is 1.18. The first-order valence-corrected chi connectivity index (χ1v) is 6.67. The molecule has 3 rings (SSSR count). The van der Waals surface area contributed by atoms with Crippen molar-refractivity contribution in [1.29, 1.82) is 0 Å². The first-order valence-electron chi connectivity index (χ1n) is 6.67. The summed E-state index contributed by atoms with van der Waals surface area (Å²) in [4.78, 5) is 4.44. The number of pyridine rings is 1. The third-order valence-electron chi connectivity index (χ3n) is 4.70. The van der Waals surface area contributed by atoms with E-state index in [2.05, 4.69) is 43.1 Å². The van der Waals surface area contributed by atoms with Gasteiger partial charge in [0, 0.05) is 17.1 Å². The molecule has 1 saturated carbocycles. The van der Waals surface area contributed by atoms with E-state index in [4.69, 9.17) is 5.73 Å². The smallest absolute Gasteiger partial charge is 0.0705 e. The summed E-state index contributed by atoms with van der Waals surface area (Å²) in [6.45, 7) is 4.56. The Bertz CT molecular complexity index is 588. The summed E-state index contributed by atoms with van der Waals surface area (Å²) < 4.78 is 0. The molecule has 1 heterocycles. The van der Waals surface area contributed by atoms with Gasteiger partial charge >= 0.3 is 0 Å². The SMILES string of the molecule is CC1(C)CCCC1(N)c1ccc2cccnc2c1. The zero-order chi connectivity index (χ0) is 12.8. The Hall–Kier alpha value is -1.41. The molecule has 18 heavy (non-hydrogen) atoms. The molecule has 1 aromatic carbocycles. The van der Waals surface area contributed by atoms with E-state index in [1.807, 2.05) is 12.3 Å². The Balaban J connectivity index is 2.14. The minimum absolute atomic E-state index is 0.162. The molecule has 94 valence electrons. The Labute approximate surface area is 108 Å². The minimum Gasteiger partial charge on any atom is -0.321 e. The van der Waals surface area contributed by atoms with E-state index in [1.54, 1.807) is 0 Å². The van der Waals surface area contributed by atoms with Gasteiger partial charge in [0.05, 0.1) is 5.52 Å². The third kappa shape index (κ3) is 1.56. The van der Waals surface area contributed by atoms with Crippen molar-refractivity contribution < 1.29 is 0 Å². The van der Waals surface area contributed by atoms with Crippen LogP contribution in [0.15, 0.2) is 36.5 Å². The molecule has 0 spiro atoms. The van der Waals surface area contributed by atoms with Gasteiger partial charge in [0.15, 0.2) is 0 Å². The average Bonchev–Trinajstić information content (AvgIpc) is 2.64. The molecule has 2 nitrogen and oxygen atoms in total. The third-order valence-corrected chi connectivity index (χ3v) is 4.70. The van der Waals surface area contributed by atoms with Gasteiger partial charge < -0.3 is 5.73 Å². The molecular weight excluding hydrogens is 220 g/mol. The molecule has 1 fully saturated rings. The predicted octanol–water partition coefficient (Wildman–Crippen LogP) is 3.60. The summed E-state index contributed by atoms with van der Waals surface area (Å²) in [6, 6.07) is 10.6. The van der Waals surface area contributed by atoms with E-state index < -0.39 is 0 Å². The number of fused-ring (bicyclic) bond motifs is 1. The highest BCUT2D eigenvalue weighted by atomic mass is 14.8. The van der Waals surface area contributed by atoms with Crippen molar-refractivity contribution in [3.63, 3.8) is 0 Å². The van der Waals surface area contributed by atoms with Gasteiger partial charge in [-0.25, -0.2) is 0 Å². The summed E-state index contributed by atoms with van der Waals surface area (Å²) >= 11 is 0. The lowest BCUT2D eigenvalue weighted by molar-refractivity contribution is 0.210. The molecule has 2 aromatic rings. The maximum atomic E-state index is 6.72. The van der Waals surface area contributed by atoms with Gasteiger partial charge in [-0.1, -0.05) is 38.5 Å². The molecule has 1 aliphatic carbocycles. The lowest BCUT2D eigenvalue weighted by Crippen LogP contribution is -2.45. The van der Waals surface area contributed by atoms with Crippen LogP contribution in [0.3, 0.4) is 0 Å². The van der Waals surface area contributed by atoms with Crippen LogP contribution < -0.4 is 5.73 Å². The molecule has 0 aliphatic heterocycles. The number of nitrogens with zero attached hydrogens (tertiary/aromatic N) is 1. The first kappa shape index (κ1) is 11.7. The average molecular weight is 240 g/mol. The van der Waals surface area contributed by atoms with Crippen molar-refractivity contribution in [2.45, 2.75) is 38.6 Å². The Kier molecular flexibility index (Phi) is 2.46. The highest BCUT2D eigenvalue weighted by Crippen LogP contribution is 2.50. The van der Waals surface area contributed by atoms with E-state index in [-0.39, 0.29) is 11.0 Å². The summed E-state index contributed by atoms with van der Waals surface area (Å²) in [7, 11) is 0. The lowest BCUT2D eigenvalue weighted by Gasteiger charge is -2.38. The minimum atomic E-state index is -0.210. The van der Waals surface area contributed by atoms with Gasteiger partial charge in [-0.3, -0.25) is 4.98 Å². The summed E-state index contributed by atoms with van der Waals surface area (Å²) in [5.41, 5.74) is 8.95. The number of rotatable bonds is 1. The molecule has 1 atom stereocenters. The fourth-order valence-corrected chi connectivity index (χ4v) is 3.25. The predicted molar refractivity (Wildman–Crippen MR) is 75.2 cm³/mol. The van der Waals surface area contributed by atoms with E-state index in [1.165, 1.54) is 23.8 Å². The molecule has 1 unspecified atom stereocenters. The molecule has 0 radical (unpaired) electrons. The van der Waals surface area contributed by atoms with Crippen molar-refractivity contribution in [2.24, 2.45) is 11.1 Å². The van der Waals surface area contributed by atoms with Crippen molar-refractivity contribution in [2.75, 3.05) is 0 Å². The fourth-order valence-electron chi connectivity index (χ4n) is 3.25. The quantitative estimate of drug-likeness (QED) is 0.827. The number of benzene rings is 1.